The van der Waals surface area contributed by atoms with Crippen LogP contribution in [0, 0.1) is 0 Å². The number of nitrogens with zero attached hydrogens (tertiary/aromatic N) is 3. The van der Waals surface area contributed by atoms with Gasteiger partial charge in [0.1, 0.15) is 5.82 Å². The van der Waals surface area contributed by atoms with Gasteiger partial charge in [-0.05, 0) is 24.3 Å². The summed E-state index contributed by atoms with van der Waals surface area (Å²) in [5.74, 6) is 0.570. The Labute approximate surface area is 147 Å². The number of carbonyl (C=O) groups is 2. The highest BCUT2D eigenvalue weighted by Crippen LogP contribution is 2.22. The van der Waals surface area contributed by atoms with Crippen molar-refractivity contribution in [3.8, 4) is 0 Å². The number of Topliss-reactive ketones (excluding diaryl/α,β-unsaturated/α-hetero) is 1. The molecule has 0 aliphatic carbocycles. The van der Waals surface area contributed by atoms with Crippen LogP contribution in [0.1, 0.15) is 28.3 Å². The van der Waals surface area contributed by atoms with Crippen molar-refractivity contribution in [2.24, 2.45) is 0 Å². The molecule has 0 aliphatic heterocycles. The Morgan fingerprint density at radius 3 is 2.83 bits per heavy atom. The molecule has 0 aromatic carbocycles. The number of nitrogens with one attached hydrogen (secondary N) is 1. The van der Waals surface area contributed by atoms with Gasteiger partial charge in [-0.3, -0.25) is 14.0 Å². The van der Waals surface area contributed by atoms with Crippen molar-refractivity contribution in [3.63, 3.8) is 0 Å². The zero-order chi connectivity index (χ0) is 16.9. The van der Waals surface area contributed by atoms with Crippen molar-refractivity contribution >= 4 is 40.3 Å². The number of fused-ring (bicyclic) bond motifs is 1. The molecular weight excluding hydrogens is 348 g/mol. The smallest absolute Gasteiger partial charge is 0.220 e. The number of rotatable bonds is 7. The zero-order valence-electron chi connectivity index (χ0n) is 12.7. The number of hydrogen-bond acceptors (Lipinski definition) is 5. The number of aromatic nitrogens is 3. The normalized spacial score (nSPS) is 10.9. The molecule has 24 heavy (non-hydrogen) atoms. The Bertz CT molecular complexity index is 874. The van der Waals surface area contributed by atoms with E-state index in [-0.39, 0.29) is 24.5 Å². The molecule has 0 atom stereocenters. The van der Waals surface area contributed by atoms with Crippen LogP contribution in [0.2, 0.25) is 4.34 Å². The van der Waals surface area contributed by atoms with Gasteiger partial charge < -0.3 is 5.32 Å². The van der Waals surface area contributed by atoms with Crippen molar-refractivity contribution in [1.29, 1.82) is 0 Å². The Morgan fingerprint density at radius 1 is 1.17 bits per heavy atom. The van der Waals surface area contributed by atoms with Gasteiger partial charge in [0.15, 0.2) is 11.4 Å². The van der Waals surface area contributed by atoms with Crippen molar-refractivity contribution < 1.29 is 9.59 Å². The maximum atomic E-state index is 11.9. The van der Waals surface area contributed by atoms with Crippen LogP contribution in [0.15, 0.2) is 36.5 Å². The minimum Gasteiger partial charge on any atom is -0.356 e. The minimum absolute atomic E-state index is 0.0644. The molecule has 0 saturated carbocycles. The molecule has 1 amide bonds. The molecule has 8 heteroatoms. The molecular formula is C16H15ClN4O2S. The van der Waals surface area contributed by atoms with Crippen molar-refractivity contribution in [2.45, 2.75) is 19.3 Å². The van der Waals surface area contributed by atoms with E-state index in [4.69, 9.17) is 11.6 Å². The number of pyridine rings is 1. The van der Waals surface area contributed by atoms with Crippen LogP contribution in [0.25, 0.3) is 5.65 Å². The van der Waals surface area contributed by atoms with E-state index in [1.807, 2.05) is 28.8 Å². The zero-order valence-corrected chi connectivity index (χ0v) is 14.3. The van der Waals surface area contributed by atoms with Crippen LogP contribution in [0.5, 0.6) is 0 Å². The first kappa shape index (κ1) is 16.6. The monoisotopic (exact) mass is 362 g/mol. The first-order valence-electron chi connectivity index (χ1n) is 7.47. The summed E-state index contributed by atoms with van der Waals surface area (Å²) in [5, 5.41) is 11.0. The van der Waals surface area contributed by atoms with Crippen LogP contribution in [0.4, 0.5) is 0 Å². The lowest BCUT2D eigenvalue weighted by Gasteiger charge is -2.04. The molecule has 3 rings (SSSR count). The summed E-state index contributed by atoms with van der Waals surface area (Å²) in [6.07, 6.45) is 2.80. The molecule has 0 radical (unpaired) electrons. The largest absolute Gasteiger partial charge is 0.356 e. The summed E-state index contributed by atoms with van der Waals surface area (Å²) in [4.78, 5) is 24.4. The van der Waals surface area contributed by atoms with Gasteiger partial charge in [0.2, 0.25) is 5.91 Å². The molecule has 1 N–H and O–H groups in total. The van der Waals surface area contributed by atoms with E-state index in [0.717, 1.165) is 11.5 Å². The lowest BCUT2D eigenvalue weighted by atomic mass is 10.2. The molecule has 0 fully saturated rings. The first-order valence-corrected chi connectivity index (χ1v) is 8.67. The maximum absolute atomic E-state index is 11.9. The molecule has 6 nitrogen and oxygen atoms in total. The van der Waals surface area contributed by atoms with E-state index in [2.05, 4.69) is 15.5 Å². The van der Waals surface area contributed by atoms with Crippen molar-refractivity contribution in [2.75, 3.05) is 6.54 Å². The van der Waals surface area contributed by atoms with E-state index >= 15 is 0 Å². The highest BCUT2D eigenvalue weighted by molar-refractivity contribution is 7.18. The Balaban J connectivity index is 1.43. The Kier molecular flexibility index (Phi) is 5.22. The second-order valence-electron chi connectivity index (χ2n) is 5.17. The molecule has 0 unspecified atom stereocenters. The molecule has 0 aliphatic rings. The lowest BCUT2D eigenvalue weighted by Crippen LogP contribution is -2.26. The van der Waals surface area contributed by atoms with Crippen molar-refractivity contribution in [1.82, 2.24) is 19.9 Å². The molecule has 0 bridgehead atoms. The maximum Gasteiger partial charge on any atom is 0.220 e. The third-order valence-corrected chi connectivity index (χ3v) is 4.75. The standard InChI is InChI=1S/C16H15ClN4O2S/c17-13-6-5-12(24-13)11(22)4-7-16(23)18-9-8-15-20-19-14-3-1-2-10-21(14)15/h1-3,5-6,10H,4,7-9H2,(H,18,23). The van der Waals surface area contributed by atoms with Crippen LogP contribution < -0.4 is 5.32 Å². The number of ketones is 1. The minimum atomic E-state index is -0.153. The third kappa shape index (κ3) is 3.98. The Hall–Kier alpha value is -2.25. The fourth-order valence-electron chi connectivity index (χ4n) is 2.28. The predicted molar refractivity (Wildman–Crippen MR) is 92.6 cm³/mol. The second-order valence-corrected chi connectivity index (χ2v) is 6.89. The summed E-state index contributed by atoms with van der Waals surface area (Å²) in [5.41, 5.74) is 0.777. The van der Waals surface area contributed by atoms with Crippen LogP contribution in [0.3, 0.4) is 0 Å². The summed E-state index contributed by atoms with van der Waals surface area (Å²) >= 11 is 7.03. The van der Waals surface area contributed by atoms with Gasteiger partial charge in [-0.25, -0.2) is 0 Å². The Morgan fingerprint density at radius 2 is 2.04 bits per heavy atom. The average Bonchev–Trinajstić information content (AvgIpc) is 3.19. The SMILES string of the molecule is O=C(CCC(=O)c1ccc(Cl)s1)NCCc1nnc2ccccn12. The third-order valence-electron chi connectivity index (χ3n) is 3.48. The lowest BCUT2D eigenvalue weighted by molar-refractivity contribution is -0.121. The van der Waals surface area contributed by atoms with E-state index in [0.29, 0.717) is 22.2 Å². The highest BCUT2D eigenvalue weighted by atomic mass is 35.5. The molecule has 0 saturated heterocycles. The summed E-state index contributed by atoms with van der Waals surface area (Å²) in [7, 11) is 0. The van der Waals surface area contributed by atoms with Crippen LogP contribution in [-0.4, -0.2) is 32.8 Å². The van der Waals surface area contributed by atoms with Gasteiger partial charge in [0, 0.05) is 32.0 Å². The molecule has 0 spiro atoms. The number of halogens is 1. The summed E-state index contributed by atoms with van der Waals surface area (Å²) in [6, 6.07) is 9.04. The first-order chi connectivity index (χ1) is 11.6. The molecule has 3 aromatic heterocycles. The van der Waals surface area contributed by atoms with Crippen molar-refractivity contribution in [3.05, 3.63) is 51.6 Å². The summed E-state index contributed by atoms with van der Waals surface area (Å²) in [6.45, 7) is 0.452. The highest BCUT2D eigenvalue weighted by Gasteiger charge is 2.11. The van der Waals surface area contributed by atoms with E-state index < -0.39 is 0 Å². The molecule has 3 aromatic rings. The fraction of sp³-hybridized carbons (Fsp3) is 0.250. The van der Waals surface area contributed by atoms with Gasteiger partial charge in [-0.1, -0.05) is 17.7 Å². The van der Waals surface area contributed by atoms with Crippen LogP contribution in [-0.2, 0) is 11.2 Å². The number of thiophene rings is 1. The van der Waals surface area contributed by atoms with E-state index in [1.54, 1.807) is 12.1 Å². The number of amides is 1. The van der Waals surface area contributed by atoms with E-state index in [9.17, 15) is 9.59 Å². The van der Waals surface area contributed by atoms with Crippen LogP contribution >= 0.6 is 22.9 Å². The van der Waals surface area contributed by atoms with Gasteiger partial charge in [0.05, 0.1) is 9.21 Å². The fourth-order valence-corrected chi connectivity index (χ4v) is 3.29. The molecule has 124 valence electrons. The van der Waals surface area contributed by atoms with Gasteiger partial charge >= 0.3 is 0 Å². The van der Waals surface area contributed by atoms with E-state index in [1.165, 1.54) is 11.3 Å². The topological polar surface area (TPSA) is 76.4 Å². The summed E-state index contributed by atoms with van der Waals surface area (Å²) < 4.78 is 2.46. The van der Waals surface area contributed by atoms with Gasteiger partial charge in [-0.2, -0.15) is 0 Å². The average molecular weight is 363 g/mol. The van der Waals surface area contributed by atoms with Gasteiger partial charge in [0.25, 0.3) is 0 Å². The quantitative estimate of drug-likeness (QED) is 0.656. The van der Waals surface area contributed by atoms with Gasteiger partial charge in [-0.15, -0.1) is 21.5 Å². The molecule has 3 heterocycles. The second kappa shape index (κ2) is 7.55. The number of carbonyl (C=O) groups excluding carboxylic acids is 2. The number of hydrogen-bond donors (Lipinski definition) is 1. The predicted octanol–water partition coefficient (Wildman–Crippen LogP) is 2.77.